The summed E-state index contributed by atoms with van der Waals surface area (Å²) in [6.07, 6.45) is 2.16. The van der Waals surface area contributed by atoms with E-state index in [2.05, 4.69) is 48.1 Å². The highest BCUT2D eigenvalue weighted by atomic mass is 16.7. The minimum atomic E-state index is -1.31. The van der Waals surface area contributed by atoms with Gasteiger partial charge in [0.25, 0.3) is 0 Å². The van der Waals surface area contributed by atoms with Crippen LogP contribution in [0.2, 0.25) is 0 Å². The molecule has 3 aromatic rings. The summed E-state index contributed by atoms with van der Waals surface area (Å²) in [5.74, 6) is 1.21. The largest absolute Gasteiger partial charge is 0.511 e. The second-order valence-corrected chi connectivity index (χ2v) is 6.55. The molecule has 0 bridgehead atoms. The number of hydrogen-bond acceptors (Lipinski definition) is 3. The molecule has 0 saturated heterocycles. The first-order valence-corrected chi connectivity index (χ1v) is 9.50. The molecule has 0 saturated carbocycles. The first kappa shape index (κ1) is 19.5. The molecule has 28 heavy (non-hydrogen) atoms. The van der Waals surface area contributed by atoms with Crippen molar-refractivity contribution in [2.45, 2.75) is 26.2 Å². The minimum absolute atomic E-state index is 0.310. The van der Waals surface area contributed by atoms with Gasteiger partial charge in [0.05, 0.1) is 6.61 Å². The summed E-state index contributed by atoms with van der Waals surface area (Å²) in [5.41, 5.74) is 4.33. The van der Waals surface area contributed by atoms with Crippen molar-refractivity contribution in [3.63, 3.8) is 0 Å². The molecule has 4 heteroatoms. The molecule has 0 unspecified atom stereocenters. The fraction of sp³-hybridized carbons (Fsp3) is 0.208. The SMILES string of the molecule is CCCCCOc1ccc(-c2ccc(-c3ccc(OC(=O)O)cc3)cc2)cc1. The van der Waals surface area contributed by atoms with E-state index in [4.69, 9.17) is 9.84 Å². The molecule has 0 radical (unpaired) electrons. The van der Waals surface area contributed by atoms with Crippen LogP contribution in [0.1, 0.15) is 26.2 Å². The highest BCUT2D eigenvalue weighted by molar-refractivity contribution is 5.71. The summed E-state index contributed by atoms with van der Waals surface area (Å²) >= 11 is 0. The molecule has 0 aliphatic rings. The fourth-order valence-corrected chi connectivity index (χ4v) is 2.96. The Morgan fingerprint density at radius 2 is 1.14 bits per heavy atom. The predicted octanol–water partition coefficient (Wildman–Crippen LogP) is 6.65. The molecule has 3 rings (SSSR count). The van der Waals surface area contributed by atoms with E-state index < -0.39 is 6.16 Å². The van der Waals surface area contributed by atoms with E-state index in [0.29, 0.717) is 5.75 Å². The number of rotatable bonds is 8. The summed E-state index contributed by atoms with van der Waals surface area (Å²) in [5, 5.41) is 8.64. The predicted molar refractivity (Wildman–Crippen MR) is 111 cm³/mol. The highest BCUT2D eigenvalue weighted by Crippen LogP contribution is 2.27. The normalized spacial score (nSPS) is 10.5. The van der Waals surface area contributed by atoms with E-state index in [1.165, 1.54) is 12.8 Å². The maximum atomic E-state index is 10.6. The molecule has 0 atom stereocenters. The lowest BCUT2D eigenvalue weighted by atomic mass is 10.0. The Labute approximate surface area is 165 Å². The van der Waals surface area contributed by atoms with Gasteiger partial charge in [-0.3, -0.25) is 0 Å². The summed E-state index contributed by atoms with van der Waals surface area (Å²) in [6, 6.07) is 23.4. The van der Waals surface area contributed by atoms with Crippen molar-refractivity contribution in [2.24, 2.45) is 0 Å². The second-order valence-electron chi connectivity index (χ2n) is 6.55. The van der Waals surface area contributed by atoms with Crippen LogP contribution >= 0.6 is 0 Å². The second kappa shape index (κ2) is 9.60. The third-order valence-corrected chi connectivity index (χ3v) is 4.48. The average Bonchev–Trinajstić information content (AvgIpc) is 2.72. The average molecular weight is 376 g/mol. The van der Waals surface area contributed by atoms with E-state index in [0.717, 1.165) is 41.0 Å². The molecule has 4 nitrogen and oxygen atoms in total. The molecule has 3 aromatic carbocycles. The molecular formula is C24H24O4. The minimum Gasteiger partial charge on any atom is -0.494 e. The van der Waals surface area contributed by atoms with Gasteiger partial charge in [-0.25, -0.2) is 4.79 Å². The van der Waals surface area contributed by atoms with Crippen molar-refractivity contribution in [2.75, 3.05) is 6.61 Å². The number of carbonyl (C=O) groups is 1. The van der Waals surface area contributed by atoms with Crippen LogP contribution in [0.5, 0.6) is 11.5 Å². The fourth-order valence-electron chi connectivity index (χ4n) is 2.96. The van der Waals surface area contributed by atoms with Crippen LogP contribution < -0.4 is 9.47 Å². The molecule has 0 aliphatic carbocycles. The zero-order valence-corrected chi connectivity index (χ0v) is 15.9. The zero-order valence-electron chi connectivity index (χ0n) is 15.9. The molecule has 0 aromatic heterocycles. The van der Waals surface area contributed by atoms with Crippen molar-refractivity contribution in [1.82, 2.24) is 0 Å². The van der Waals surface area contributed by atoms with E-state index in [1.54, 1.807) is 12.1 Å². The van der Waals surface area contributed by atoms with Crippen molar-refractivity contribution < 1.29 is 19.4 Å². The van der Waals surface area contributed by atoms with Crippen LogP contribution in [0.3, 0.4) is 0 Å². The van der Waals surface area contributed by atoms with Gasteiger partial charge in [0.15, 0.2) is 0 Å². The molecule has 0 heterocycles. The molecule has 144 valence electrons. The maximum absolute atomic E-state index is 10.6. The van der Waals surface area contributed by atoms with E-state index >= 15 is 0 Å². The van der Waals surface area contributed by atoms with E-state index in [9.17, 15) is 4.79 Å². The van der Waals surface area contributed by atoms with Gasteiger partial charge in [-0.2, -0.15) is 0 Å². The Hall–Kier alpha value is -3.27. The number of ether oxygens (including phenoxy) is 2. The van der Waals surface area contributed by atoms with Crippen molar-refractivity contribution in [1.29, 1.82) is 0 Å². The zero-order chi connectivity index (χ0) is 19.8. The Bertz CT molecular complexity index is 881. The van der Waals surface area contributed by atoms with Gasteiger partial charge in [0.2, 0.25) is 0 Å². The molecule has 0 amide bonds. The maximum Gasteiger partial charge on any atom is 0.511 e. The summed E-state index contributed by atoms with van der Waals surface area (Å²) in [6.45, 7) is 2.95. The quantitative estimate of drug-likeness (QED) is 0.272. The van der Waals surface area contributed by atoms with Gasteiger partial charge in [0, 0.05) is 0 Å². The van der Waals surface area contributed by atoms with Crippen LogP contribution in [-0.2, 0) is 0 Å². The van der Waals surface area contributed by atoms with Gasteiger partial charge in [-0.1, -0.05) is 68.3 Å². The first-order chi connectivity index (χ1) is 13.7. The molecule has 1 N–H and O–H groups in total. The van der Waals surface area contributed by atoms with Gasteiger partial charge in [-0.15, -0.1) is 0 Å². The van der Waals surface area contributed by atoms with E-state index in [-0.39, 0.29) is 0 Å². The smallest absolute Gasteiger partial charge is 0.494 e. The van der Waals surface area contributed by atoms with E-state index in [1.807, 2.05) is 24.3 Å². The lowest BCUT2D eigenvalue weighted by molar-refractivity contribution is 0.144. The van der Waals surface area contributed by atoms with Crippen molar-refractivity contribution >= 4 is 6.16 Å². The van der Waals surface area contributed by atoms with Gasteiger partial charge in [0.1, 0.15) is 11.5 Å². The first-order valence-electron chi connectivity index (χ1n) is 9.50. The Morgan fingerprint density at radius 1 is 0.714 bits per heavy atom. The number of unbranched alkanes of at least 4 members (excludes halogenated alkanes) is 2. The molecular weight excluding hydrogens is 352 g/mol. The Morgan fingerprint density at radius 3 is 1.57 bits per heavy atom. The summed E-state index contributed by atoms with van der Waals surface area (Å²) in [7, 11) is 0. The number of hydrogen-bond donors (Lipinski definition) is 1. The Kier molecular flexibility index (Phi) is 6.68. The summed E-state index contributed by atoms with van der Waals surface area (Å²) < 4.78 is 10.4. The van der Waals surface area contributed by atoms with Gasteiger partial charge < -0.3 is 14.6 Å². The third-order valence-electron chi connectivity index (χ3n) is 4.48. The Balaban J connectivity index is 1.64. The molecule has 0 fully saturated rings. The van der Waals surface area contributed by atoms with Gasteiger partial charge in [-0.05, 0) is 52.9 Å². The monoisotopic (exact) mass is 376 g/mol. The molecule has 0 spiro atoms. The third kappa shape index (κ3) is 5.36. The molecule has 0 aliphatic heterocycles. The lowest BCUT2D eigenvalue weighted by Gasteiger charge is -2.08. The number of carboxylic acid groups (broad SMARTS) is 1. The van der Waals surface area contributed by atoms with Crippen LogP contribution in [0.4, 0.5) is 4.79 Å². The topological polar surface area (TPSA) is 55.8 Å². The van der Waals surface area contributed by atoms with Crippen LogP contribution in [0.15, 0.2) is 72.8 Å². The van der Waals surface area contributed by atoms with Crippen molar-refractivity contribution in [3.05, 3.63) is 72.8 Å². The summed E-state index contributed by atoms with van der Waals surface area (Å²) in [4.78, 5) is 10.6. The number of benzene rings is 3. The lowest BCUT2D eigenvalue weighted by Crippen LogP contribution is -2.02. The van der Waals surface area contributed by atoms with Crippen LogP contribution in [0, 0.1) is 0 Å². The highest BCUT2D eigenvalue weighted by Gasteiger charge is 2.04. The standard InChI is InChI=1S/C24H24O4/c1-2-3-4-17-27-22-13-9-20(10-14-22)18-5-7-19(8-6-18)21-11-15-23(16-12-21)28-24(25)26/h5-16H,2-4,17H2,1H3,(H,25,26). The van der Waals surface area contributed by atoms with Crippen molar-refractivity contribution in [3.8, 4) is 33.8 Å². The van der Waals surface area contributed by atoms with Crippen LogP contribution in [-0.4, -0.2) is 17.9 Å². The van der Waals surface area contributed by atoms with Crippen LogP contribution in [0.25, 0.3) is 22.3 Å². The van der Waals surface area contributed by atoms with Gasteiger partial charge >= 0.3 is 6.16 Å².